The van der Waals surface area contributed by atoms with Crippen LogP contribution in [0.15, 0.2) is 66.7 Å². The van der Waals surface area contributed by atoms with Gasteiger partial charge in [0.2, 0.25) is 0 Å². The average Bonchev–Trinajstić information content (AvgIpc) is 2.82. The Morgan fingerprint density at radius 3 is 2.28 bits per heavy atom. The summed E-state index contributed by atoms with van der Waals surface area (Å²) in [6.07, 6.45) is 7.38. The molecule has 4 heteroatoms. The number of methoxy groups -OCH3 is 1. The van der Waals surface area contributed by atoms with E-state index in [1.807, 2.05) is 44.2 Å². The highest BCUT2D eigenvalue weighted by molar-refractivity contribution is 5.98. The van der Waals surface area contributed by atoms with E-state index in [2.05, 4.69) is 19.1 Å². The highest BCUT2D eigenvalue weighted by Crippen LogP contribution is 2.31. The van der Waals surface area contributed by atoms with Crippen LogP contribution in [0.25, 0.3) is 0 Å². The van der Waals surface area contributed by atoms with Crippen LogP contribution in [-0.2, 0) is 9.53 Å². The SMILES string of the molecule is C/C=C/CCC(C)CCOC(=O)CC(c1ccccc1)C(C)C(=O)c1ccc(OC)cc1. The predicted molar refractivity (Wildman–Crippen MR) is 129 cm³/mol. The minimum atomic E-state index is -0.363. The molecule has 0 aliphatic heterocycles. The number of ketones is 1. The number of hydrogen-bond donors (Lipinski definition) is 0. The molecule has 0 spiro atoms. The monoisotopic (exact) mass is 436 g/mol. The molecule has 4 nitrogen and oxygen atoms in total. The quantitative estimate of drug-likeness (QED) is 0.201. The first kappa shape index (κ1) is 25.4. The number of carbonyl (C=O) groups is 2. The molecule has 0 aliphatic carbocycles. The molecular formula is C28H36O4. The predicted octanol–water partition coefficient (Wildman–Crippen LogP) is 6.61. The molecule has 3 unspecified atom stereocenters. The van der Waals surface area contributed by atoms with Gasteiger partial charge in [-0.15, -0.1) is 0 Å². The molecule has 0 heterocycles. The van der Waals surface area contributed by atoms with Crippen molar-refractivity contribution in [2.45, 2.75) is 52.4 Å². The van der Waals surface area contributed by atoms with Gasteiger partial charge in [0, 0.05) is 17.4 Å². The molecule has 2 aromatic rings. The lowest BCUT2D eigenvalue weighted by Gasteiger charge is -2.23. The standard InChI is InChI=1S/C28H36O4/c1-5-6-8-11-21(2)18-19-32-27(29)20-26(23-12-9-7-10-13-23)22(3)28(30)24-14-16-25(31-4)17-15-24/h5-7,9-10,12-17,21-22,26H,8,11,18-20H2,1-4H3/b6-5+. The molecule has 0 fully saturated rings. The van der Waals surface area contributed by atoms with Crippen molar-refractivity contribution >= 4 is 11.8 Å². The van der Waals surface area contributed by atoms with E-state index in [1.54, 1.807) is 31.4 Å². The highest BCUT2D eigenvalue weighted by Gasteiger charge is 2.29. The van der Waals surface area contributed by atoms with Crippen molar-refractivity contribution in [1.82, 2.24) is 0 Å². The van der Waals surface area contributed by atoms with Crippen LogP contribution in [0.5, 0.6) is 5.75 Å². The largest absolute Gasteiger partial charge is 0.497 e. The van der Waals surface area contributed by atoms with Crippen molar-refractivity contribution in [2.24, 2.45) is 11.8 Å². The molecule has 0 aliphatic rings. The lowest BCUT2D eigenvalue weighted by Crippen LogP contribution is -2.23. The van der Waals surface area contributed by atoms with Gasteiger partial charge in [-0.3, -0.25) is 9.59 Å². The van der Waals surface area contributed by atoms with Crippen LogP contribution in [0.1, 0.15) is 68.3 Å². The molecule has 0 saturated carbocycles. The second kappa shape index (κ2) is 13.5. The zero-order chi connectivity index (χ0) is 23.3. The fraction of sp³-hybridized carbons (Fsp3) is 0.429. The number of benzene rings is 2. The molecule has 0 bridgehead atoms. The summed E-state index contributed by atoms with van der Waals surface area (Å²) in [7, 11) is 1.60. The zero-order valence-electron chi connectivity index (χ0n) is 19.8. The second-order valence-electron chi connectivity index (χ2n) is 8.36. The van der Waals surface area contributed by atoms with Gasteiger partial charge in [0.15, 0.2) is 5.78 Å². The fourth-order valence-corrected chi connectivity index (χ4v) is 3.79. The van der Waals surface area contributed by atoms with Crippen LogP contribution in [0.4, 0.5) is 0 Å². The van der Waals surface area contributed by atoms with E-state index < -0.39 is 0 Å². The first-order valence-corrected chi connectivity index (χ1v) is 11.5. The summed E-state index contributed by atoms with van der Waals surface area (Å²) in [5.74, 6) is 0.348. The Bertz CT molecular complexity index is 855. The fourth-order valence-electron chi connectivity index (χ4n) is 3.79. The maximum atomic E-state index is 13.2. The van der Waals surface area contributed by atoms with Crippen LogP contribution in [0.2, 0.25) is 0 Å². The van der Waals surface area contributed by atoms with E-state index in [0.29, 0.717) is 23.8 Å². The van der Waals surface area contributed by atoms with Crippen LogP contribution >= 0.6 is 0 Å². The molecule has 0 aromatic heterocycles. The average molecular weight is 437 g/mol. The molecule has 0 radical (unpaired) electrons. The second-order valence-corrected chi connectivity index (χ2v) is 8.36. The Hall–Kier alpha value is -2.88. The van der Waals surface area contributed by atoms with Crippen molar-refractivity contribution in [3.05, 3.63) is 77.9 Å². The molecule has 2 aromatic carbocycles. The maximum absolute atomic E-state index is 13.2. The van der Waals surface area contributed by atoms with Crippen LogP contribution < -0.4 is 4.74 Å². The third-order valence-electron chi connectivity index (χ3n) is 5.94. The Morgan fingerprint density at radius 1 is 0.969 bits per heavy atom. The summed E-state index contributed by atoms with van der Waals surface area (Å²) in [6.45, 7) is 6.51. The molecule has 32 heavy (non-hydrogen) atoms. The van der Waals surface area contributed by atoms with E-state index in [1.165, 1.54) is 0 Å². The van der Waals surface area contributed by atoms with Gasteiger partial charge in [-0.2, -0.15) is 0 Å². The van der Waals surface area contributed by atoms with Crippen molar-refractivity contribution in [1.29, 1.82) is 0 Å². The van der Waals surface area contributed by atoms with Crippen molar-refractivity contribution in [2.75, 3.05) is 13.7 Å². The topological polar surface area (TPSA) is 52.6 Å². The molecular weight excluding hydrogens is 400 g/mol. The van der Waals surface area contributed by atoms with Gasteiger partial charge in [0.25, 0.3) is 0 Å². The Morgan fingerprint density at radius 2 is 1.66 bits per heavy atom. The third kappa shape index (κ3) is 7.99. The van der Waals surface area contributed by atoms with Crippen LogP contribution in [0.3, 0.4) is 0 Å². The lowest BCUT2D eigenvalue weighted by molar-refractivity contribution is -0.144. The summed E-state index contributed by atoms with van der Waals surface area (Å²) < 4.78 is 10.7. The summed E-state index contributed by atoms with van der Waals surface area (Å²) in [6, 6.07) is 16.9. The normalized spacial score (nSPS) is 14.0. The molecule has 2 rings (SSSR count). The van der Waals surface area contributed by atoms with Crippen molar-refractivity contribution in [3.8, 4) is 5.75 Å². The van der Waals surface area contributed by atoms with Gasteiger partial charge < -0.3 is 9.47 Å². The van der Waals surface area contributed by atoms with Gasteiger partial charge >= 0.3 is 5.97 Å². The van der Waals surface area contributed by atoms with E-state index in [0.717, 1.165) is 24.8 Å². The Balaban J connectivity index is 2.02. The zero-order valence-corrected chi connectivity index (χ0v) is 19.8. The Labute approximate surface area is 192 Å². The lowest BCUT2D eigenvalue weighted by atomic mass is 9.80. The molecule has 0 amide bonds. The minimum absolute atomic E-state index is 0.00640. The number of carbonyl (C=O) groups excluding carboxylic acids is 2. The number of ether oxygens (including phenoxy) is 2. The molecule has 3 atom stereocenters. The van der Waals surface area contributed by atoms with Crippen LogP contribution in [-0.4, -0.2) is 25.5 Å². The number of esters is 1. The highest BCUT2D eigenvalue weighted by atomic mass is 16.5. The summed E-state index contributed by atoms with van der Waals surface area (Å²) in [5.41, 5.74) is 1.58. The van der Waals surface area contributed by atoms with E-state index in [4.69, 9.17) is 9.47 Å². The summed E-state index contributed by atoms with van der Waals surface area (Å²) in [4.78, 5) is 25.8. The van der Waals surface area contributed by atoms with Gasteiger partial charge in [-0.05, 0) is 61.9 Å². The van der Waals surface area contributed by atoms with Crippen molar-refractivity contribution < 1.29 is 19.1 Å². The minimum Gasteiger partial charge on any atom is -0.497 e. The van der Waals surface area contributed by atoms with Gasteiger partial charge in [-0.1, -0.05) is 56.3 Å². The Kier molecular flexibility index (Phi) is 10.7. The van der Waals surface area contributed by atoms with E-state index in [-0.39, 0.29) is 30.0 Å². The van der Waals surface area contributed by atoms with E-state index >= 15 is 0 Å². The number of hydrogen-bond acceptors (Lipinski definition) is 4. The van der Waals surface area contributed by atoms with E-state index in [9.17, 15) is 9.59 Å². The van der Waals surface area contributed by atoms with Crippen LogP contribution in [0, 0.1) is 11.8 Å². The number of Topliss-reactive ketones (excluding diaryl/α,β-unsaturated/α-hetero) is 1. The number of rotatable bonds is 13. The first-order chi connectivity index (χ1) is 15.5. The summed E-state index contributed by atoms with van der Waals surface area (Å²) in [5, 5.41) is 0. The molecule has 172 valence electrons. The first-order valence-electron chi connectivity index (χ1n) is 11.5. The smallest absolute Gasteiger partial charge is 0.306 e. The van der Waals surface area contributed by atoms with Gasteiger partial charge in [-0.25, -0.2) is 0 Å². The number of allylic oxidation sites excluding steroid dienone is 2. The maximum Gasteiger partial charge on any atom is 0.306 e. The summed E-state index contributed by atoms with van der Waals surface area (Å²) >= 11 is 0. The van der Waals surface area contributed by atoms with Gasteiger partial charge in [0.05, 0.1) is 20.1 Å². The van der Waals surface area contributed by atoms with Crippen molar-refractivity contribution in [3.63, 3.8) is 0 Å². The third-order valence-corrected chi connectivity index (χ3v) is 5.94. The molecule has 0 N–H and O–H groups in total. The van der Waals surface area contributed by atoms with Gasteiger partial charge in [0.1, 0.15) is 5.75 Å². The molecule has 0 saturated heterocycles.